The Bertz CT molecular complexity index is 1060. The Hall–Kier alpha value is -3.00. The van der Waals surface area contributed by atoms with Crippen LogP contribution in [0.15, 0.2) is 30.6 Å². The molecule has 8 nitrogen and oxygen atoms in total. The maximum Gasteiger partial charge on any atom is 0.252 e. The quantitative estimate of drug-likeness (QED) is 0.601. The number of hydrogen-bond donors (Lipinski definition) is 1. The number of amides is 1. The van der Waals surface area contributed by atoms with E-state index in [-0.39, 0.29) is 11.9 Å². The molecule has 1 saturated heterocycles. The summed E-state index contributed by atoms with van der Waals surface area (Å²) in [5, 5.41) is 7.39. The number of nitrogens with zero attached hydrogens (tertiary/aromatic N) is 5. The lowest BCUT2D eigenvalue weighted by Gasteiger charge is -2.29. The second-order valence-corrected chi connectivity index (χ2v) is 8.04. The highest BCUT2D eigenvalue weighted by molar-refractivity contribution is 5.76. The molecule has 3 aromatic rings. The van der Waals surface area contributed by atoms with Crippen LogP contribution in [0.25, 0.3) is 5.78 Å². The lowest BCUT2D eigenvalue weighted by atomic mass is 10.0. The molecule has 1 fully saturated rings. The number of aryl methyl sites for hydroxylation is 2. The minimum absolute atomic E-state index is 0.0385. The summed E-state index contributed by atoms with van der Waals surface area (Å²) in [5.41, 5.74) is 4.06. The summed E-state index contributed by atoms with van der Waals surface area (Å²) < 4.78 is 7.32. The molecule has 1 N–H and O–H groups in total. The van der Waals surface area contributed by atoms with Gasteiger partial charge in [0.1, 0.15) is 12.1 Å². The molecule has 2 aromatic heterocycles. The molecular weight excluding hydrogens is 392 g/mol. The highest BCUT2D eigenvalue weighted by Crippen LogP contribution is 2.31. The number of aromatic nitrogens is 4. The van der Waals surface area contributed by atoms with Crippen molar-refractivity contribution in [1.82, 2.24) is 29.8 Å². The smallest absolute Gasteiger partial charge is 0.252 e. The van der Waals surface area contributed by atoms with Crippen LogP contribution in [-0.2, 0) is 11.2 Å². The number of likely N-dealkylation sites (tertiary alicyclic amines) is 1. The van der Waals surface area contributed by atoms with E-state index in [4.69, 9.17) is 4.74 Å². The van der Waals surface area contributed by atoms with Crippen LogP contribution in [0.4, 0.5) is 0 Å². The van der Waals surface area contributed by atoms with Crippen LogP contribution >= 0.6 is 0 Å². The van der Waals surface area contributed by atoms with Crippen LogP contribution in [0.5, 0.6) is 5.75 Å². The highest BCUT2D eigenvalue weighted by Gasteiger charge is 2.26. The van der Waals surface area contributed by atoms with Gasteiger partial charge in [-0.25, -0.2) is 9.50 Å². The lowest BCUT2D eigenvalue weighted by Crippen LogP contribution is -2.37. The fraction of sp³-hybridized carbons (Fsp3) is 0.478. The van der Waals surface area contributed by atoms with Gasteiger partial charge < -0.3 is 10.1 Å². The van der Waals surface area contributed by atoms with Crippen molar-refractivity contribution in [2.75, 3.05) is 26.7 Å². The number of nitrogens with one attached hydrogen (secondary N) is 1. The van der Waals surface area contributed by atoms with Gasteiger partial charge in [-0.1, -0.05) is 18.2 Å². The molecule has 0 radical (unpaired) electrons. The molecule has 4 rings (SSSR count). The first-order valence-electron chi connectivity index (χ1n) is 10.9. The standard InChI is InChI=1S/C23H30N6O2/c1-16-18(17(2)29-23(27-16)25-15-26-29)10-11-22(30)24-14-20(28-12-6-7-13-28)19-8-4-5-9-21(19)31-3/h4-5,8-9,15,20H,6-7,10-14H2,1-3H3,(H,24,30). The molecule has 0 aliphatic carbocycles. The Morgan fingerprint density at radius 2 is 2.00 bits per heavy atom. The van der Waals surface area contributed by atoms with Gasteiger partial charge in [-0.3, -0.25) is 9.69 Å². The van der Waals surface area contributed by atoms with E-state index in [1.54, 1.807) is 11.6 Å². The van der Waals surface area contributed by atoms with Crippen molar-refractivity contribution < 1.29 is 9.53 Å². The van der Waals surface area contributed by atoms with Crippen LogP contribution in [-0.4, -0.2) is 57.1 Å². The summed E-state index contributed by atoms with van der Waals surface area (Å²) in [4.78, 5) is 23.8. The van der Waals surface area contributed by atoms with Gasteiger partial charge in [-0.15, -0.1) is 0 Å². The van der Waals surface area contributed by atoms with Crippen LogP contribution < -0.4 is 10.1 Å². The largest absolute Gasteiger partial charge is 0.496 e. The number of methoxy groups -OCH3 is 1. The number of benzene rings is 1. The third kappa shape index (κ3) is 4.54. The van der Waals surface area contributed by atoms with E-state index in [2.05, 4.69) is 31.3 Å². The topological polar surface area (TPSA) is 84.6 Å². The second-order valence-electron chi connectivity index (χ2n) is 8.04. The fourth-order valence-electron chi connectivity index (χ4n) is 4.49. The van der Waals surface area contributed by atoms with Crippen molar-refractivity contribution in [3.8, 4) is 5.75 Å². The van der Waals surface area contributed by atoms with Gasteiger partial charge >= 0.3 is 0 Å². The SMILES string of the molecule is COc1ccccc1C(CNC(=O)CCc1c(C)nc2ncnn2c1C)N1CCCC1. The molecule has 3 heterocycles. The van der Waals surface area contributed by atoms with Crippen molar-refractivity contribution >= 4 is 11.7 Å². The van der Waals surface area contributed by atoms with Crippen molar-refractivity contribution in [1.29, 1.82) is 0 Å². The van der Waals surface area contributed by atoms with E-state index in [1.807, 2.05) is 32.0 Å². The second kappa shape index (κ2) is 9.43. The first-order valence-corrected chi connectivity index (χ1v) is 10.9. The average Bonchev–Trinajstić information content (AvgIpc) is 3.46. The maximum atomic E-state index is 12.7. The molecule has 31 heavy (non-hydrogen) atoms. The number of carbonyl (C=O) groups excluding carboxylic acids is 1. The summed E-state index contributed by atoms with van der Waals surface area (Å²) in [6.45, 7) is 6.60. The first-order chi connectivity index (χ1) is 15.1. The Balaban J connectivity index is 1.43. The Morgan fingerprint density at radius 3 is 2.77 bits per heavy atom. The summed E-state index contributed by atoms with van der Waals surface area (Å²) in [5.74, 6) is 1.50. The van der Waals surface area contributed by atoms with Crippen molar-refractivity contribution in [2.45, 2.75) is 45.6 Å². The fourth-order valence-corrected chi connectivity index (χ4v) is 4.49. The highest BCUT2D eigenvalue weighted by atomic mass is 16.5. The van der Waals surface area contributed by atoms with E-state index >= 15 is 0 Å². The van der Waals surface area contributed by atoms with Crippen LogP contribution in [0, 0.1) is 13.8 Å². The van der Waals surface area contributed by atoms with E-state index in [9.17, 15) is 4.79 Å². The van der Waals surface area contributed by atoms with E-state index in [1.165, 1.54) is 19.2 Å². The number of ether oxygens (including phenoxy) is 1. The number of fused-ring (bicyclic) bond motifs is 1. The molecule has 0 bridgehead atoms. The number of para-hydroxylation sites is 1. The Morgan fingerprint density at radius 1 is 1.23 bits per heavy atom. The summed E-state index contributed by atoms with van der Waals surface area (Å²) in [6.07, 6.45) is 4.91. The summed E-state index contributed by atoms with van der Waals surface area (Å²) >= 11 is 0. The molecule has 1 aliphatic rings. The number of rotatable bonds is 8. The van der Waals surface area contributed by atoms with Crippen LogP contribution in [0.2, 0.25) is 0 Å². The lowest BCUT2D eigenvalue weighted by molar-refractivity contribution is -0.121. The zero-order chi connectivity index (χ0) is 21.8. The molecule has 0 saturated carbocycles. The van der Waals surface area contributed by atoms with Gasteiger partial charge in [0.25, 0.3) is 5.78 Å². The molecule has 1 amide bonds. The summed E-state index contributed by atoms with van der Waals surface area (Å²) in [7, 11) is 1.70. The third-order valence-electron chi connectivity index (χ3n) is 6.16. The number of hydrogen-bond acceptors (Lipinski definition) is 6. The molecule has 1 unspecified atom stereocenters. The number of carbonyl (C=O) groups is 1. The van der Waals surface area contributed by atoms with Gasteiger partial charge in [-0.2, -0.15) is 10.1 Å². The zero-order valence-electron chi connectivity index (χ0n) is 18.5. The molecule has 164 valence electrons. The van der Waals surface area contributed by atoms with Gasteiger partial charge in [0, 0.05) is 29.9 Å². The monoisotopic (exact) mass is 422 g/mol. The third-order valence-corrected chi connectivity index (χ3v) is 6.16. The van der Waals surface area contributed by atoms with E-state index in [0.29, 0.717) is 25.2 Å². The van der Waals surface area contributed by atoms with Crippen molar-refractivity contribution in [2.24, 2.45) is 0 Å². The van der Waals surface area contributed by atoms with Crippen molar-refractivity contribution in [3.63, 3.8) is 0 Å². The average molecular weight is 423 g/mol. The predicted molar refractivity (Wildman–Crippen MR) is 118 cm³/mol. The van der Waals surface area contributed by atoms with E-state index < -0.39 is 0 Å². The first kappa shape index (κ1) is 21.2. The maximum absolute atomic E-state index is 12.7. The molecular formula is C23H30N6O2. The minimum atomic E-state index is 0.0385. The Kier molecular flexibility index (Phi) is 6.46. The van der Waals surface area contributed by atoms with Crippen molar-refractivity contribution in [3.05, 3.63) is 53.1 Å². The zero-order valence-corrected chi connectivity index (χ0v) is 18.5. The molecule has 0 spiro atoms. The van der Waals surface area contributed by atoms with Crippen LogP contribution in [0.1, 0.15) is 47.8 Å². The van der Waals surface area contributed by atoms with E-state index in [0.717, 1.165) is 41.4 Å². The van der Waals surface area contributed by atoms with Crippen LogP contribution in [0.3, 0.4) is 0 Å². The molecule has 1 aliphatic heterocycles. The predicted octanol–water partition coefficient (Wildman–Crippen LogP) is 2.64. The van der Waals surface area contributed by atoms with Gasteiger partial charge in [0.15, 0.2) is 0 Å². The van der Waals surface area contributed by atoms with Gasteiger partial charge in [-0.05, 0) is 57.8 Å². The summed E-state index contributed by atoms with van der Waals surface area (Å²) in [6, 6.07) is 8.20. The minimum Gasteiger partial charge on any atom is -0.496 e. The molecule has 1 atom stereocenters. The molecule has 1 aromatic carbocycles. The molecule has 8 heteroatoms. The Labute approximate surface area is 182 Å². The van der Waals surface area contributed by atoms with Gasteiger partial charge in [0.05, 0.1) is 13.2 Å². The normalized spacial score (nSPS) is 15.3. The van der Waals surface area contributed by atoms with Gasteiger partial charge in [0.2, 0.25) is 5.91 Å².